The minimum atomic E-state index is -0.758. The van der Waals surface area contributed by atoms with Crippen LogP contribution in [0.3, 0.4) is 0 Å². The van der Waals surface area contributed by atoms with Crippen LogP contribution in [-0.4, -0.2) is 29.8 Å². The van der Waals surface area contributed by atoms with E-state index in [4.69, 9.17) is 23.2 Å². The van der Waals surface area contributed by atoms with Gasteiger partial charge in [0.25, 0.3) is 11.8 Å². The Bertz CT molecular complexity index is 680. The molecule has 122 valence electrons. The smallest absolute Gasteiger partial charge is 0.322 e. The van der Waals surface area contributed by atoms with Crippen molar-refractivity contribution in [3.8, 4) is 0 Å². The van der Waals surface area contributed by atoms with Gasteiger partial charge in [0.05, 0.1) is 10.6 Å². The number of benzene rings is 1. The molecule has 0 bridgehead atoms. The summed E-state index contributed by atoms with van der Waals surface area (Å²) in [4.78, 5) is 45.7. The van der Waals surface area contributed by atoms with Gasteiger partial charge in [-0.2, -0.15) is 0 Å². The second-order valence-corrected chi connectivity index (χ2v) is 5.52. The Morgan fingerprint density at radius 1 is 1.17 bits per heavy atom. The van der Waals surface area contributed by atoms with Crippen LogP contribution in [0.1, 0.15) is 23.2 Å². The Hall–Kier alpha value is -2.32. The number of halogens is 2. The molecule has 1 unspecified atom stereocenters. The van der Waals surface area contributed by atoms with E-state index in [9.17, 15) is 19.2 Å². The van der Waals surface area contributed by atoms with Crippen LogP contribution in [0.15, 0.2) is 18.2 Å². The van der Waals surface area contributed by atoms with Crippen molar-refractivity contribution in [3.63, 3.8) is 0 Å². The molecule has 1 fully saturated rings. The molecule has 2 rings (SSSR count). The van der Waals surface area contributed by atoms with E-state index in [0.29, 0.717) is 5.02 Å². The summed E-state index contributed by atoms with van der Waals surface area (Å²) in [6.07, 6.45) is 0.0408. The zero-order chi connectivity index (χ0) is 17.0. The number of hydrazine groups is 1. The number of nitrogens with one attached hydrogen (secondary N) is 4. The van der Waals surface area contributed by atoms with E-state index in [0.717, 1.165) is 0 Å². The SMILES string of the molecule is O=C(CCC1NC(=O)NC1=O)NNC(=O)c1cc(Cl)ccc1Cl. The molecule has 0 aromatic heterocycles. The molecule has 10 heteroatoms. The minimum absolute atomic E-state index is 0.0675. The fraction of sp³-hybridized carbons (Fsp3) is 0.231. The normalized spacial score (nSPS) is 16.5. The van der Waals surface area contributed by atoms with Crippen molar-refractivity contribution >= 4 is 47.0 Å². The van der Waals surface area contributed by atoms with E-state index in [1.165, 1.54) is 18.2 Å². The summed E-state index contributed by atoms with van der Waals surface area (Å²) in [5.41, 5.74) is 4.50. The third-order valence-corrected chi connectivity index (χ3v) is 3.57. The lowest BCUT2D eigenvalue weighted by Crippen LogP contribution is -2.42. The van der Waals surface area contributed by atoms with Gasteiger partial charge in [0.1, 0.15) is 6.04 Å². The summed E-state index contributed by atoms with van der Waals surface area (Å²) >= 11 is 11.6. The summed E-state index contributed by atoms with van der Waals surface area (Å²) < 4.78 is 0. The monoisotopic (exact) mass is 358 g/mol. The van der Waals surface area contributed by atoms with Crippen LogP contribution in [0, 0.1) is 0 Å². The van der Waals surface area contributed by atoms with Crippen LogP contribution in [0.4, 0.5) is 4.79 Å². The van der Waals surface area contributed by atoms with Crippen LogP contribution in [0.2, 0.25) is 10.0 Å². The average molecular weight is 359 g/mol. The summed E-state index contributed by atoms with van der Waals surface area (Å²) in [5, 5.41) is 4.93. The molecule has 0 aliphatic carbocycles. The highest BCUT2D eigenvalue weighted by Crippen LogP contribution is 2.20. The highest BCUT2D eigenvalue weighted by Gasteiger charge is 2.29. The topological polar surface area (TPSA) is 116 Å². The Morgan fingerprint density at radius 3 is 2.57 bits per heavy atom. The zero-order valence-corrected chi connectivity index (χ0v) is 13.1. The first-order valence-corrected chi connectivity index (χ1v) is 7.28. The molecular formula is C13H12Cl2N4O4. The van der Waals surface area contributed by atoms with E-state index in [-0.39, 0.29) is 23.4 Å². The Balaban J connectivity index is 1.80. The number of carbonyl (C=O) groups is 4. The molecule has 23 heavy (non-hydrogen) atoms. The Labute approximate surface area is 140 Å². The summed E-state index contributed by atoms with van der Waals surface area (Å²) in [7, 11) is 0. The van der Waals surface area contributed by atoms with Crippen LogP contribution >= 0.6 is 23.2 Å². The van der Waals surface area contributed by atoms with Crippen molar-refractivity contribution in [2.24, 2.45) is 0 Å². The van der Waals surface area contributed by atoms with Crippen molar-refractivity contribution in [2.75, 3.05) is 0 Å². The summed E-state index contributed by atoms with van der Waals surface area (Å²) in [6.45, 7) is 0. The molecule has 1 aromatic rings. The lowest BCUT2D eigenvalue weighted by Gasteiger charge is -2.10. The number of urea groups is 1. The van der Waals surface area contributed by atoms with E-state index in [1.807, 2.05) is 0 Å². The molecule has 1 aliphatic rings. The van der Waals surface area contributed by atoms with Crippen LogP contribution in [0.5, 0.6) is 0 Å². The third kappa shape index (κ3) is 4.57. The van der Waals surface area contributed by atoms with Gasteiger partial charge in [-0.1, -0.05) is 23.2 Å². The fourth-order valence-corrected chi connectivity index (χ4v) is 2.24. The van der Waals surface area contributed by atoms with Crippen molar-refractivity contribution in [1.29, 1.82) is 0 Å². The van der Waals surface area contributed by atoms with Gasteiger partial charge in [-0.05, 0) is 24.6 Å². The first-order valence-electron chi connectivity index (χ1n) is 6.52. The highest BCUT2D eigenvalue weighted by atomic mass is 35.5. The highest BCUT2D eigenvalue weighted by molar-refractivity contribution is 6.35. The van der Waals surface area contributed by atoms with Gasteiger partial charge in [-0.15, -0.1) is 0 Å². The molecule has 8 nitrogen and oxygen atoms in total. The lowest BCUT2D eigenvalue weighted by atomic mass is 10.1. The number of imide groups is 1. The molecule has 0 spiro atoms. The van der Waals surface area contributed by atoms with Gasteiger partial charge >= 0.3 is 6.03 Å². The predicted molar refractivity (Wildman–Crippen MR) is 81.8 cm³/mol. The van der Waals surface area contributed by atoms with Gasteiger partial charge in [0.2, 0.25) is 5.91 Å². The Kier molecular flexibility index (Phi) is 5.41. The second-order valence-electron chi connectivity index (χ2n) is 4.68. The van der Waals surface area contributed by atoms with E-state index < -0.39 is 29.8 Å². The molecule has 1 aliphatic heterocycles. The zero-order valence-electron chi connectivity index (χ0n) is 11.6. The molecule has 4 N–H and O–H groups in total. The first-order chi connectivity index (χ1) is 10.9. The number of amides is 5. The lowest BCUT2D eigenvalue weighted by molar-refractivity contribution is -0.122. The first kappa shape index (κ1) is 17.0. The summed E-state index contributed by atoms with van der Waals surface area (Å²) in [5.74, 6) is -1.64. The minimum Gasteiger partial charge on any atom is -0.326 e. The molecule has 0 saturated carbocycles. The van der Waals surface area contributed by atoms with Crippen molar-refractivity contribution in [2.45, 2.75) is 18.9 Å². The third-order valence-electron chi connectivity index (χ3n) is 3.01. The molecule has 1 atom stereocenters. The van der Waals surface area contributed by atoms with Crippen molar-refractivity contribution in [3.05, 3.63) is 33.8 Å². The largest absolute Gasteiger partial charge is 0.326 e. The van der Waals surface area contributed by atoms with E-state index in [2.05, 4.69) is 21.5 Å². The maximum atomic E-state index is 11.9. The van der Waals surface area contributed by atoms with Crippen LogP contribution < -0.4 is 21.5 Å². The quantitative estimate of drug-likeness (QED) is 0.469. The molecule has 0 radical (unpaired) electrons. The van der Waals surface area contributed by atoms with Crippen molar-refractivity contribution in [1.82, 2.24) is 21.5 Å². The van der Waals surface area contributed by atoms with Gasteiger partial charge in [0.15, 0.2) is 0 Å². The number of rotatable bonds is 4. The van der Waals surface area contributed by atoms with Crippen LogP contribution in [0.25, 0.3) is 0 Å². The predicted octanol–water partition coefficient (Wildman–Crippen LogP) is 0.743. The van der Waals surface area contributed by atoms with E-state index >= 15 is 0 Å². The maximum absolute atomic E-state index is 11.9. The molecule has 1 saturated heterocycles. The molecule has 1 aromatic carbocycles. The fourth-order valence-electron chi connectivity index (χ4n) is 1.87. The van der Waals surface area contributed by atoms with Gasteiger partial charge in [-0.3, -0.25) is 30.6 Å². The maximum Gasteiger partial charge on any atom is 0.322 e. The number of hydrogen-bond acceptors (Lipinski definition) is 4. The number of hydrogen-bond donors (Lipinski definition) is 4. The van der Waals surface area contributed by atoms with Gasteiger partial charge in [-0.25, -0.2) is 4.79 Å². The Morgan fingerprint density at radius 2 is 1.91 bits per heavy atom. The van der Waals surface area contributed by atoms with Gasteiger partial charge in [0, 0.05) is 11.4 Å². The van der Waals surface area contributed by atoms with Crippen molar-refractivity contribution < 1.29 is 19.2 Å². The second kappa shape index (κ2) is 7.30. The van der Waals surface area contributed by atoms with E-state index in [1.54, 1.807) is 0 Å². The average Bonchev–Trinajstić information content (AvgIpc) is 2.83. The standard InChI is InChI=1S/C13H12Cl2N4O4/c14-6-1-2-8(15)7(5-6)11(21)19-18-10(20)4-3-9-12(22)17-13(23)16-9/h1-2,5,9H,3-4H2,(H,18,20)(H,19,21)(H2,16,17,22,23). The van der Waals surface area contributed by atoms with Gasteiger partial charge < -0.3 is 5.32 Å². The molecule has 1 heterocycles. The molecular weight excluding hydrogens is 347 g/mol. The van der Waals surface area contributed by atoms with Crippen LogP contribution in [-0.2, 0) is 9.59 Å². The number of carbonyl (C=O) groups excluding carboxylic acids is 4. The molecule has 5 amide bonds. The summed E-state index contributed by atoms with van der Waals surface area (Å²) in [6, 6.07) is 3.00.